The minimum atomic E-state index is -0.340. The van der Waals surface area contributed by atoms with Crippen LogP contribution in [-0.4, -0.2) is 21.5 Å². The summed E-state index contributed by atoms with van der Waals surface area (Å²) >= 11 is 0. The highest BCUT2D eigenvalue weighted by atomic mass is 16.2. The second-order valence-electron chi connectivity index (χ2n) is 6.63. The average Bonchev–Trinajstić information content (AvgIpc) is 2.65. The number of aryl methyl sites for hydroxylation is 1. The maximum atomic E-state index is 13.0. The smallest absolute Gasteiger partial charge is 0.265 e. The number of fused-ring (bicyclic) bond motifs is 1. The molecule has 3 rings (SSSR count). The molecule has 0 aliphatic carbocycles. The summed E-state index contributed by atoms with van der Waals surface area (Å²) < 4.78 is 1.57. The Labute approximate surface area is 152 Å². The Morgan fingerprint density at radius 3 is 2.65 bits per heavy atom. The molecule has 1 atom stereocenters. The van der Waals surface area contributed by atoms with Crippen LogP contribution >= 0.6 is 0 Å². The molecule has 1 N–H and O–H groups in total. The van der Waals surface area contributed by atoms with Gasteiger partial charge in [0.15, 0.2) is 0 Å². The molecule has 0 bridgehead atoms. The van der Waals surface area contributed by atoms with Crippen LogP contribution in [0.4, 0.5) is 0 Å². The summed E-state index contributed by atoms with van der Waals surface area (Å²) in [7, 11) is 0. The van der Waals surface area contributed by atoms with Gasteiger partial charge in [-0.05, 0) is 44.0 Å². The fourth-order valence-electron chi connectivity index (χ4n) is 2.80. The lowest BCUT2D eigenvalue weighted by Crippen LogP contribution is -2.37. The van der Waals surface area contributed by atoms with Crippen LogP contribution < -0.4 is 10.9 Å². The quantitative estimate of drug-likeness (QED) is 0.769. The van der Waals surface area contributed by atoms with Crippen LogP contribution in [0.25, 0.3) is 11.0 Å². The van der Waals surface area contributed by atoms with Gasteiger partial charge in [-0.2, -0.15) is 0 Å². The van der Waals surface area contributed by atoms with Gasteiger partial charge in [0.05, 0.1) is 6.54 Å². The molecule has 0 aliphatic heterocycles. The third-order valence-electron chi connectivity index (χ3n) is 4.54. The summed E-state index contributed by atoms with van der Waals surface area (Å²) in [6.07, 6.45) is 2.46. The van der Waals surface area contributed by atoms with E-state index in [-0.39, 0.29) is 23.1 Å². The summed E-state index contributed by atoms with van der Waals surface area (Å²) in [5.41, 5.74) is 2.56. The Bertz CT molecular complexity index is 990. The van der Waals surface area contributed by atoms with Crippen molar-refractivity contribution >= 4 is 16.9 Å². The second-order valence-corrected chi connectivity index (χ2v) is 6.63. The van der Waals surface area contributed by atoms with E-state index in [4.69, 9.17) is 0 Å². The number of pyridine rings is 2. The van der Waals surface area contributed by atoms with E-state index in [0.717, 1.165) is 22.9 Å². The minimum absolute atomic E-state index is 0.0112. The molecule has 0 saturated heterocycles. The molecule has 0 saturated carbocycles. The molecule has 2 aromatic heterocycles. The number of nitrogens with one attached hydrogen (secondary N) is 1. The van der Waals surface area contributed by atoms with Gasteiger partial charge in [0.2, 0.25) is 0 Å². The van der Waals surface area contributed by atoms with Gasteiger partial charge < -0.3 is 5.32 Å². The van der Waals surface area contributed by atoms with Gasteiger partial charge in [0, 0.05) is 17.6 Å². The maximum Gasteiger partial charge on any atom is 0.265 e. The summed E-state index contributed by atoms with van der Waals surface area (Å²) in [5.74, 6) is -0.340. The zero-order chi connectivity index (χ0) is 18.7. The monoisotopic (exact) mass is 349 g/mol. The van der Waals surface area contributed by atoms with Crippen LogP contribution in [0.2, 0.25) is 0 Å². The van der Waals surface area contributed by atoms with Crippen molar-refractivity contribution in [1.82, 2.24) is 14.9 Å². The van der Waals surface area contributed by atoms with Crippen molar-refractivity contribution < 1.29 is 4.79 Å². The lowest BCUT2D eigenvalue weighted by molar-refractivity contribution is 0.0937. The van der Waals surface area contributed by atoms with Crippen molar-refractivity contribution in [2.75, 3.05) is 0 Å². The summed E-state index contributed by atoms with van der Waals surface area (Å²) in [6.45, 7) is 6.31. The molecule has 26 heavy (non-hydrogen) atoms. The molecular formula is C21H23N3O2. The van der Waals surface area contributed by atoms with Crippen LogP contribution in [-0.2, 0) is 6.54 Å². The van der Waals surface area contributed by atoms with Crippen molar-refractivity contribution in [3.05, 3.63) is 75.7 Å². The number of hydrogen-bond donors (Lipinski definition) is 1. The standard InChI is InChI=1S/C21H23N3O2/c1-4-15(3)23-20(25)18-12-17-6-5-11-22-19(17)24(21(18)26)13-16-9-7-14(2)8-10-16/h5-12,15H,4,13H2,1-3H3,(H,23,25)/t15-/m1/s1. The number of rotatable bonds is 5. The van der Waals surface area contributed by atoms with Gasteiger partial charge >= 0.3 is 0 Å². The van der Waals surface area contributed by atoms with Gasteiger partial charge in [0.1, 0.15) is 11.2 Å². The minimum Gasteiger partial charge on any atom is -0.349 e. The fourth-order valence-corrected chi connectivity index (χ4v) is 2.80. The summed E-state index contributed by atoms with van der Waals surface area (Å²) in [6, 6.07) is 13.3. The van der Waals surface area contributed by atoms with Crippen LogP contribution in [0.3, 0.4) is 0 Å². The molecule has 5 nitrogen and oxygen atoms in total. The van der Waals surface area contributed by atoms with Crippen molar-refractivity contribution in [2.45, 2.75) is 39.8 Å². The number of aromatic nitrogens is 2. The number of benzene rings is 1. The lowest BCUT2D eigenvalue weighted by atomic mass is 10.1. The molecule has 3 aromatic rings. The molecule has 134 valence electrons. The molecule has 5 heteroatoms. The SMILES string of the molecule is CC[C@@H](C)NC(=O)c1cc2cccnc2n(Cc2ccc(C)cc2)c1=O. The van der Waals surface area contributed by atoms with Gasteiger partial charge in [-0.1, -0.05) is 36.8 Å². The Morgan fingerprint density at radius 2 is 1.96 bits per heavy atom. The Kier molecular flexibility index (Phi) is 5.16. The fraction of sp³-hybridized carbons (Fsp3) is 0.286. The predicted octanol–water partition coefficient (Wildman–Crippen LogP) is 3.28. The zero-order valence-electron chi connectivity index (χ0n) is 15.3. The Hall–Kier alpha value is -2.95. The predicted molar refractivity (Wildman–Crippen MR) is 104 cm³/mol. The van der Waals surface area contributed by atoms with Crippen LogP contribution in [0.15, 0.2) is 53.5 Å². The van der Waals surface area contributed by atoms with E-state index in [0.29, 0.717) is 12.2 Å². The first-order chi connectivity index (χ1) is 12.5. The van der Waals surface area contributed by atoms with Crippen molar-refractivity contribution in [3.8, 4) is 0 Å². The van der Waals surface area contributed by atoms with E-state index in [2.05, 4.69) is 10.3 Å². The highest BCUT2D eigenvalue weighted by molar-refractivity contribution is 5.97. The highest BCUT2D eigenvalue weighted by Crippen LogP contribution is 2.13. The van der Waals surface area contributed by atoms with Gasteiger partial charge in [-0.25, -0.2) is 4.98 Å². The first-order valence-corrected chi connectivity index (χ1v) is 8.84. The summed E-state index contributed by atoms with van der Waals surface area (Å²) in [4.78, 5) is 30.0. The molecule has 0 fully saturated rings. The largest absolute Gasteiger partial charge is 0.349 e. The van der Waals surface area contributed by atoms with Gasteiger partial charge in [-0.3, -0.25) is 14.2 Å². The Morgan fingerprint density at radius 1 is 1.23 bits per heavy atom. The maximum absolute atomic E-state index is 13.0. The van der Waals surface area contributed by atoms with E-state index in [1.54, 1.807) is 22.9 Å². The van der Waals surface area contributed by atoms with Crippen LogP contribution in [0.1, 0.15) is 41.8 Å². The van der Waals surface area contributed by atoms with E-state index in [1.807, 2.05) is 51.1 Å². The number of carbonyl (C=O) groups excluding carboxylic acids is 1. The van der Waals surface area contributed by atoms with Gasteiger partial charge in [-0.15, -0.1) is 0 Å². The number of amides is 1. The van der Waals surface area contributed by atoms with E-state index >= 15 is 0 Å². The molecular weight excluding hydrogens is 326 g/mol. The first-order valence-electron chi connectivity index (χ1n) is 8.84. The topological polar surface area (TPSA) is 64.0 Å². The number of carbonyl (C=O) groups is 1. The van der Waals surface area contributed by atoms with E-state index < -0.39 is 0 Å². The second kappa shape index (κ2) is 7.52. The molecule has 0 radical (unpaired) electrons. The van der Waals surface area contributed by atoms with E-state index in [9.17, 15) is 9.59 Å². The highest BCUT2D eigenvalue weighted by Gasteiger charge is 2.17. The molecule has 1 amide bonds. The van der Waals surface area contributed by atoms with Gasteiger partial charge in [0.25, 0.3) is 11.5 Å². The normalized spacial score (nSPS) is 12.1. The first kappa shape index (κ1) is 17.9. The van der Waals surface area contributed by atoms with Crippen LogP contribution in [0.5, 0.6) is 0 Å². The molecule has 0 aliphatic rings. The van der Waals surface area contributed by atoms with Crippen molar-refractivity contribution in [3.63, 3.8) is 0 Å². The molecule has 2 heterocycles. The molecule has 0 unspecified atom stereocenters. The molecule has 0 spiro atoms. The third-order valence-corrected chi connectivity index (χ3v) is 4.54. The average molecular weight is 349 g/mol. The number of hydrogen-bond acceptors (Lipinski definition) is 3. The molecule has 1 aromatic carbocycles. The van der Waals surface area contributed by atoms with E-state index in [1.165, 1.54) is 0 Å². The Balaban J connectivity index is 2.11. The van der Waals surface area contributed by atoms with Crippen molar-refractivity contribution in [2.24, 2.45) is 0 Å². The zero-order valence-corrected chi connectivity index (χ0v) is 15.3. The third kappa shape index (κ3) is 3.67. The summed E-state index contributed by atoms with van der Waals surface area (Å²) in [5, 5.41) is 3.65. The number of nitrogens with zero attached hydrogens (tertiary/aromatic N) is 2. The van der Waals surface area contributed by atoms with Crippen molar-refractivity contribution in [1.29, 1.82) is 0 Å². The lowest BCUT2D eigenvalue weighted by Gasteiger charge is -2.14. The van der Waals surface area contributed by atoms with Crippen LogP contribution in [0, 0.1) is 6.92 Å².